The Hall–Kier alpha value is -1.55. The molecule has 0 bridgehead atoms. The SMILES string of the molecule is N#C/C=C\Cc1ccccc1. The van der Waals surface area contributed by atoms with Crippen molar-refractivity contribution < 1.29 is 0 Å². The number of nitriles is 1. The maximum Gasteiger partial charge on any atom is 0.0908 e. The van der Waals surface area contributed by atoms with Gasteiger partial charge in [0, 0.05) is 6.08 Å². The van der Waals surface area contributed by atoms with Gasteiger partial charge in [0.25, 0.3) is 0 Å². The highest BCUT2D eigenvalue weighted by Gasteiger charge is 1.83. The van der Waals surface area contributed by atoms with Gasteiger partial charge in [-0.2, -0.15) is 5.26 Å². The lowest BCUT2D eigenvalue weighted by atomic mass is 10.1. The smallest absolute Gasteiger partial charge is 0.0908 e. The van der Waals surface area contributed by atoms with Crippen LogP contribution in [0.15, 0.2) is 42.5 Å². The summed E-state index contributed by atoms with van der Waals surface area (Å²) >= 11 is 0. The highest BCUT2D eigenvalue weighted by Crippen LogP contribution is 1.99. The maximum absolute atomic E-state index is 8.21. The summed E-state index contributed by atoms with van der Waals surface area (Å²) in [5.74, 6) is 0. The summed E-state index contributed by atoms with van der Waals surface area (Å²) in [7, 11) is 0. The fraction of sp³-hybridized carbons (Fsp3) is 0.100. The predicted molar refractivity (Wildman–Crippen MR) is 44.9 cm³/mol. The first-order valence-electron chi connectivity index (χ1n) is 3.52. The molecule has 1 aromatic rings. The van der Waals surface area contributed by atoms with Crippen molar-refractivity contribution in [1.29, 1.82) is 5.26 Å². The van der Waals surface area contributed by atoms with Crippen LogP contribution in [0.2, 0.25) is 0 Å². The lowest BCUT2D eigenvalue weighted by Crippen LogP contribution is -1.77. The zero-order valence-corrected chi connectivity index (χ0v) is 6.20. The van der Waals surface area contributed by atoms with Gasteiger partial charge in [-0.1, -0.05) is 36.4 Å². The average molecular weight is 143 g/mol. The molecule has 0 aliphatic heterocycles. The summed E-state index contributed by atoms with van der Waals surface area (Å²) in [6, 6.07) is 12.0. The number of benzene rings is 1. The number of hydrogen-bond donors (Lipinski definition) is 0. The van der Waals surface area contributed by atoms with Crippen molar-refractivity contribution in [3.05, 3.63) is 48.0 Å². The molecule has 0 saturated carbocycles. The van der Waals surface area contributed by atoms with E-state index in [1.54, 1.807) is 0 Å². The van der Waals surface area contributed by atoms with E-state index in [1.165, 1.54) is 11.6 Å². The molecule has 54 valence electrons. The molecule has 11 heavy (non-hydrogen) atoms. The van der Waals surface area contributed by atoms with Crippen molar-refractivity contribution in [1.82, 2.24) is 0 Å². The third-order valence-corrected chi connectivity index (χ3v) is 1.39. The van der Waals surface area contributed by atoms with Crippen LogP contribution in [0.25, 0.3) is 0 Å². The average Bonchev–Trinajstić information content (AvgIpc) is 2.07. The molecule has 1 nitrogen and oxygen atoms in total. The Morgan fingerprint density at radius 1 is 1.27 bits per heavy atom. The lowest BCUT2D eigenvalue weighted by molar-refractivity contribution is 1.27. The van der Waals surface area contributed by atoms with Crippen LogP contribution in [0.1, 0.15) is 5.56 Å². The molecule has 1 heteroatoms. The van der Waals surface area contributed by atoms with Crippen molar-refractivity contribution in [2.45, 2.75) is 6.42 Å². The van der Waals surface area contributed by atoms with E-state index < -0.39 is 0 Å². The minimum absolute atomic E-state index is 0.842. The van der Waals surface area contributed by atoms with Crippen molar-refractivity contribution in [2.24, 2.45) is 0 Å². The van der Waals surface area contributed by atoms with Crippen molar-refractivity contribution in [3.63, 3.8) is 0 Å². The van der Waals surface area contributed by atoms with Crippen LogP contribution < -0.4 is 0 Å². The monoisotopic (exact) mass is 143 g/mol. The number of rotatable bonds is 2. The Kier molecular flexibility index (Phi) is 2.95. The third kappa shape index (κ3) is 2.68. The molecule has 1 rings (SSSR count). The Morgan fingerprint density at radius 2 is 2.00 bits per heavy atom. The van der Waals surface area contributed by atoms with Gasteiger partial charge in [-0.3, -0.25) is 0 Å². The zero-order chi connectivity index (χ0) is 7.94. The van der Waals surface area contributed by atoms with Crippen molar-refractivity contribution >= 4 is 0 Å². The first kappa shape index (κ1) is 7.56. The van der Waals surface area contributed by atoms with E-state index in [9.17, 15) is 0 Å². The van der Waals surface area contributed by atoms with E-state index in [0.717, 1.165) is 6.42 Å². The second-order valence-corrected chi connectivity index (χ2v) is 2.22. The largest absolute Gasteiger partial charge is 0.193 e. The summed E-state index contributed by atoms with van der Waals surface area (Å²) in [6.45, 7) is 0. The first-order valence-corrected chi connectivity index (χ1v) is 3.52. The molecule has 0 N–H and O–H groups in total. The van der Waals surface area contributed by atoms with Gasteiger partial charge in [-0.25, -0.2) is 0 Å². The normalized spacial score (nSPS) is 9.73. The Morgan fingerprint density at radius 3 is 2.64 bits per heavy atom. The molecule has 0 atom stereocenters. The summed E-state index contributed by atoms with van der Waals surface area (Å²) in [5.41, 5.74) is 1.24. The van der Waals surface area contributed by atoms with Gasteiger partial charge in [0.15, 0.2) is 0 Å². The third-order valence-electron chi connectivity index (χ3n) is 1.39. The van der Waals surface area contributed by atoms with Crippen molar-refractivity contribution in [3.8, 4) is 6.07 Å². The summed E-state index contributed by atoms with van der Waals surface area (Å²) in [6.07, 6.45) is 4.21. The number of hydrogen-bond acceptors (Lipinski definition) is 1. The van der Waals surface area contributed by atoms with Gasteiger partial charge >= 0.3 is 0 Å². The maximum atomic E-state index is 8.21. The molecule has 0 aromatic heterocycles. The standard InChI is InChI=1S/C10H9N/c11-9-5-4-8-10-6-2-1-3-7-10/h1-7H,8H2/b5-4-. The minimum atomic E-state index is 0.842. The van der Waals surface area contributed by atoms with Gasteiger partial charge < -0.3 is 0 Å². The Labute approximate surface area is 66.6 Å². The molecule has 0 radical (unpaired) electrons. The van der Waals surface area contributed by atoms with Crippen LogP contribution in [0.5, 0.6) is 0 Å². The Bertz CT molecular complexity index is 267. The molecule has 0 heterocycles. The Balaban J connectivity index is 2.53. The van der Waals surface area contributed by atoms with Gasteiger partial charge in [-0.05, 0) is 12.0 Å². The fourth-order valence-electron chi connectivity index (χ4n) is 0.862. The van der Waals surface area contributed by atoms with Crippen LogP contribution >= 0.6 is 0 Å². The second-order valence-electron chi connectivity index (χ2n) is 2.22. The first-order chi connectivity index (χ1) is 5.43. The molecule has 1 aromatic carbocycles. The molecule has 0 aliphatic carbocycles. The van der Waals surface area contributed by atoms with Gasteiger partial charge in [-0.15, -0.1) is 0 Å². The van der Waals surface area contributed by atoms with Crippen LogP contribution in [-0.4, -0.2) is 0 Å². The topological polar surface area (TPSA) is 23.8 Å². The second kappa shape index (κ2) is 4.29. The molecule has 0 spiro atoms. The highest BCUT2D eigenvalue weighted by molar-refractivity contribution is 5.18. The molecule has 0 saturated heterocycles. The van der Waals surface area contributed by atoms with Gasteiger partial charge in [0.1, 0.15) is 0 Å². The summed E-state index contributed by atoms with van der Waals surface area (Å²) in [5, 5.41) is 8.21. The molecule has 0 aliphatic rings. The minimum Gasteiger partial charge on any atom is -0.193 e. The predicted octanol–water partition coefficient (Wildman–Crippen LogP) is 2.31. The fourth-order valence-corrected chi connectivity index (χ4v) is 0.862. The van der Waals surface area contributed by atoms with Gasteiger partial charge in [0.05, 0.1) is 6.07 Å². The summed E-state index contributed by atoms with van der Waals surface area (Å²) < 4.78 is 0. The van der Waals surface area contributed by atoms with Gasteiger partial charge in [0.2, 0.25) is 0 Å². The van der Waals surface area contributed by atoms with Crippen LogP contribution in [0.4, 0.5) is 0 Å². The van der Waals surface area contributed by atoms with Crippen LogP contribution in [0, 0.1) is 11.3 Å². The molecular weight excluding hydrogens is 134 g/mol. The zero-order valence-electron chi connectivity index (χ0n) is 6.20. The lowest BCUT2D eigenvalue weighted by Gasteiger charge is -1.91. The molecule has 0 fully saturated rings. The molecular formula is C10H9N. The molecule has 0 unspecified atom stereocenters. The van der Waals surface area contributed by atoms with Crippen LogP contribution in [0.3, 0.4) is 0 Å². The van der Waals surface area contributed by atoms with E-state index in [2.05, 4.69) is 0 Å². The molecule has 0 amide bonds. The van der Waals surface area contributed by atoms with E-state index in [4.69, 9.17) is 5.26 Å². The van der Waals surface area contributed by atoms with E-state index in [-0.39, 0.29) is 0 Å². The van der Waals surface area contributed by atoms with Crippen molar-refractivity contribution in [2.75, 3.05) is 0 Å². The number of nitrogens with zero attached hydrogens (tertiary/aromatic N) is 1. The quantitative estimate of drug-likeness (QED) is 0.583. The summed E-state index contributed by atoms with van der Waals surface area (Å²) in [4.78, 5) is 0. The number of allylic oxidation sites excluding steroid dienone is 2. The highest BCUT2D eigenvalue weighted by atomic mass is 14.2. The van der Waals surface area contributed by atoms with E-state index >= 15 is 0 Å². The van der Waals surface area contributed by atoms with Crippen LogP contribution in [-0.2, 0) is 6.42 Å². The van der Waals surface area contributed by atoms with E-state index in [1.807, 2.05) is 42.5 Å². The van der Waals surface area contributed by atoms with E-state index in [0.29, 0.717) is 0 Å².